The van der Waals surface area contributed by atoms with Gasteiger partial charge in [-0.05, 0) is 54.8 Å². The van der Waals surface area contributed by atoms with Gasteiger partial charge in [-0.1, -0.05) is 0 Å². The van der Waals surface area contributed by atoms with E-state index >= 15 is 0 Å². The number of hydrogen-bond acceptors (Lipinski definition) is 4. The molecule has 0 radical (unpaired) electrons. The van der Waals surface area contributed by atoms with E-state index in [9.17, 15) is 0 Å². The fraction of sp³-hybridized carbons (Fsp3) is 0.385. The smallest absolute Gasteiger partial charge is 0.145 e. The van der Waals surface area contributed by atoms with Crippen molar-refractivity contribution in [3.8, 4) is 0 Å². The summed E-state index contributed by atoms with van der Waals surface area (Å²) < 4.78 is 0. The van der Waals surface area contributed by atoms with Crippen molar-refractivity contribution in [3.05, 3.63) is 46.2 Å². The number of rotatable bonds is 5. The third-order valence-corrected chi connectivity index (χ3v) is 3.49. The zero-order valence-corrected chi connectivity index (χ0v) is 11.0. The molecule has 1 unspecified atom stereocenters. The summed E-state index contributed by atoms with van der Waals surface area (Å²) in [5.41, 5.74) is 2.49. The molecule has 2 rings (SSSR count). The highest BCUT2D eigenvalue weighted by Gasteiger charge is 2.11. The molecule has 90 valence electrons. The van der Waals surface area contributed by atoms with E-state index in [1.807, 2.05) is 26.4 Å². The Bertz CT molecular complexity index is 436. The Labute approximate surface area is 106 Å². The number of aromatic nitrogens is 2. The van der Waals surface area contributed by atoms with Crippen molar-refractivity contribution in [1.29, 1.82) is 0 Å². The highest BCUT2D eigenvalue weighted by molar-refractivity contribution is 7.07. The predicted octanol–water partition coefficient (Wildman–Crippen LogP) is 2.74. The Balaban J connectivity index is 1.99. The van der Waals surface area contributed by atoms with Gasteiger partial charge >= 0.3 is 0 Å². The van der Waals surface area contributed by atoms with Crippen molar-refractivity contribution < 1.29 is 0 Å². The molecule has 2 heterocycles. The van der Waals surface area contributed by atoms with Crippen molar-refractivity contribution in [3.63, 3.8) is 0 Å². The van der Waals surface area contributed by atoms with Crippen LogP contribution in [0.5, 0.6) is 0 Å². The van der Waals surface area contributed by atoms with Gasteiger partial charge in [0.1, 0.15) is 5.82 Å². The molecule has 0 aromatic carbocycles. The molecule has 0 saturated heterocycles. The second-order valence-corrected chi connectivity index (χ2v) is 4.91. The fourth-order valence-corrected chi connectivity index (χ4v) is 2.43. The second-order valence-electron chi connectivity index (χ2n) is 4.13. The van der Waals surface area contributed by atoms with Crippen LogP contribution in [-0.4, -0.2) is 17.0 Å². The third kappa shape index (κ3) is 3.35. The molecule has 17 heavy (non-hydrogen) atoms. The Morgan fingerprint density at radius 1 is 1.35 bits per heavy atom. The van der Waals surface area contributed by atoms with Crippen molar-refractivity contribution in [1.82, 2.24) is 15.3 Å². The van der Waals surface area contributed by atoms with Crippen molar-refractivity contribution in [2.75, 3.05) is 7.05 Å². The summed E-state index contributed by atoms with van der Waals surface area (Å²) in [4.78, 5) is 8.76. The van der Waals surface area contributed by atoms with Crippen LogP contribution in [0.25, 0.3) is 0 Å². The Morgan fingerprint density at radius 3 is 2.71 bits per heavy atom. The Kier molecular flexibility index (Phi) is 4.23. The lowest BCUT2D eigenvalue weighted by Crippen LogP contribution is -2.19. The van der Waals surface area contributed by atoms with Gasteiger partial charge in [0.2, 0.25) is 0 Å². The van der Waals surface area contributed by atoms with Gasteiger partial charge in [0.15, 0.2) is 0 Å². The van der Waals surface area contributed by atoms with Crippen LogP contribution in [0.15, 0.2) is 29.2 Å². The van der Waals surface area contributed by atoms with E-state index in [-0.39, 0.29) is 6.04 Å². The van der Waals surface area contributed by atoms with Gasteiger partial charge < -0.3 is 5.32 Å². The number of nitrogens with zero attached hydrogens (tertiary/aromatic N) is 2. The summed E-state index contributed by atoms with van der Waals surface area (Å²) in [6.45, 7) is 2.00. The van der Waals surface area contributed by atoms with E-state index in [4.69, 9.17) is 0 Å². The normalized spacial score (nSPS) is 12.6. The van der Waals surface area contributed by atoms with Crippen LogP contribution in [0.1, 0.15) is 29.4 Å². The Hall–Kier alpha value is -1.26. The first-order chi connectivity index (χ1) is 8.29. The lowest BCUT2D eigenvalue weighted by atomic mass is 10.1. The lowest BCUT2D eigenvalue weighted by Gasteiger charge is -2.14. The molecule has 2 aromatic rings. The summed E-state index contributed by atoms with van der Waals surface area (Å²) >= 11 is 1.74. The van der Waals surface area contributed by atoms with Gasteiger partial charge in [0.05, 0.1) is 6.04 Å². The predicted molar refractivity (Wildman–Crippen MR) is 71.2 cm³/mol. The quantitative estimate of drug-likeness (QED) is 0.883. The maximum absolute atomic E-state index is 4.38. The topological polar surface area (TPSA) is 37.8 Å². The molecule has 0 fully saturated rings. The number of thiophene rings is 1. The first-order valence-electron chi connectivity index (χ1n) is 5.76. The first-order valence-corrected chi connectivity index (χ1v) is 6.71. The van der Waals surface area contributed by atoms with Gasteiger partial charge in [-0.2, -0.15) is 11.3 Å². The molecule has 0 aliphatic rings. The minimum atomic E-state index is 0.232. The zero-order valence-electron chi connectivity index (χ0n) is 10.2. The van der Waals surface area contributed by atoms with Gasteiger partial charge in [-0.15, -0.1) is 0 Å². The van der Waals surface area contributed by atoms with E-state index in [0.29, 0.717) is 0 Å². The molecule has 3 nitrogen and oxygen atoms in total. The molecule has 1 atom stereocenters. The molecule has 0 amide bonds. The zero-order chi connectivity index (χ0) is 12.1. The SMILES string of the molecule is CNC(CCc1ccsc1)c1ncc(C)cn1. The van der Waals surface area contributed by atoms with Crippen LogP contribution in [0, 0.1) is 6.92 Å². The van der Waals surface area contributed by atoms with Crippen molar-refractivity contribution in [2.45, 2.75) is 25.8 Å². The summed E-state index contributed by atoms with van der Waals surface area (Å²) in [6, 6.07) is 2.41. The van der Waals surface area contributed by atoms with E-state index in [1.54, 1.807) is 11.3 Å². The molecule has 2 aromatic heterocycles. The standard InChI is InChI=1S/C13H17N3S/c1-10-7-15-13(16-8-10)12(14-2)4-3-11-5-6-17-9-11/h5-9,12,14H,3-4H2,1-2H3. The largest absolute Gasteiger partial charge is 0.310 e. The van der Waals surface area contributed by atoms with Crippen LogP contribution < -0.4 is 5.32 Å². The summed E-state index contributed by atoms with van der Waals surface area (Å²) in [7, 11) is 1.96. The van der Waals surface area contributed by atoms with Crippen LogP contribution in [0.3, 0.4) is 0 Å². The van der Waals surface area contributed by atoms with Crippen LogP contribution >= 0.6 is 11.3 Å². The average molecular weight is 247 g/mol. The molecular formula is C13H17N3S. The minimum absolute atomic E-state index is 0.232. The second kappa shape index (κ2) is 5.89. The highest BCUT2D eigenvalue weighted by atomic mass is 32.1. The van der Waals surface area contributed by atoms with Gasteiger partial charge in [0.25, 0.3) is 0 Å². The molecule has 0 saturated carbocycles. The molecule has 0 bridgehead atoms. The summed E-state index contributed by atoms with van der Waals surface area (Å²) in [5, 5.41) is 7.59. The third-order valence-electron chi connectivity index (χ3n) is 2.76. The molecule has 0 aliphatic carbocycles. The van der Waals surface area contributed by atoms with E-state index in [0.717, 1.165) is 24.2 Å². The molecule has 4 heteroatoms. The maximum Gasteiger partial charge on any atom is 0.145 e. The first kappa shape index (κ1) is 12.2. The average Bonchev–Trinajstić information content (AvgIpc) is 2.85. The van der Waals surface area contributed by atoms with Gasteiger partial charge in [-0.3, -0.25) is 0 Å². The summed E-state index contributed by atoms with van der Waals surface area (Å²) in [6.07, 6.45) is 5.83. The summed E-state index contributed by atoms with van der Waals surface area (Å²) in [5.74, 6) is 0.883. The van der Waals surface area contributed by atoms with Crippen molar-refractivity contribution in [2.24, 2.45) is 0 Å². The minimum Gasteiger partial charge on any atom is -0.310 e. The molecule has 1 N–H and O–H groups in total. The Morgan fingerprint density at radius 2 is 2.12 bits per heavy atom. The molecule has 0 spiro atoms. The van der Waals surface area contributed by atoms with Crippen molar-refractivity contribution >= 4 is 11.3 Å². The van der Waals surface area contributed by atoms with Crippen LogP contribution in [-0.2, 0) is 6.42 Å². The lowest BCUT2D eigenvalue weighted by molar-refractivity contribution is 0.520. The molecule has 0 aliphatic heterocycles. The fourth-order valence-electron chi connectivity index (χ4n) is 1.73. The highest BCUT2D eigenvalue weighted by Crippen LogP contribution is 2.16. The number of hydrogen-bond donors (Lipinski definition) is 1. The van der Waals surface area contributed by atoms with E-state index in [1.165, 1.54) is 5.56 Å². The van der Waals surface area contributed by atoms with E-state index in [2.05, 4.69) is 32.1 Å². The number of aryl methyl sites for hydroxylation is 2. The van der Waals surface area contributed by atoms with Crippen LogP contribution in [0.2, 0.25) is 0 Å². The van der Waals surface area contributed by atoms with Gasteiger partial charge in [0, 0.05) is 12.4 Å². The monoisotopic (exact) mass is 247 g/mol. The van der Waals surface area contributed by atoms with Crippen LogP contribution in [0.4, 0.5) is 0 Å². The number of nitrogens with one attached hydrogen (secondary N) is 1. The molecular weight excluding hydrogens is 230 g/mol. The van der Waals surface area contributed by atoms with E-state index < -0.39 is 0 Å². The van der Waals surface area contributed by atoms with Gasteiger partial charge in [-0.25, -0.2) is 9.97 Å². The maximum atomic E-state index is 4.38.